The van der Waals surface area contributed by atoms with Gasteiger partial charge in [0.25, 0.3) is 0 Å². The van der Waals surface area contributed by atoms with Crippen molar-refractivity contribution in [1.29, 1.82) is 0 Å². The highest BCUT2D eigenvalue weighted by Gasteiger charge is 2.24. The highest BCUT2D eigenvalue weighted by molar-refractivity contribution is 6.01. The quantitative estimate of drug-likeness (QED) is 0.441. The second-order valence-electron chi connectivity index (χ2n) is 5.04. The summed E-state index contributed by atoms with van der Waals surface area (Å²) >= 11 is 0. The number of oxime groups is 1. The van der Waals surface area contributed by atoms with Crippen molar-refractivity contribution in [3.63, 3.8) is 0 Å². The van der Waals surface area contributed by atoms with E-state index in [0.717, 1.165) is 18.7 Å². The summed E-state index contributed by atoms with van der Waals surface area (Å²) in [5.74, 6) is 6.04. The molecule has 0 radical (unpaired) electrons. The second kappa shape index (κ2) is 7.80. The fourth-order valence-electron chi connectivity index (χ4n) is 1.94. The van der Waals surface area contributed by atoms with Crippen molar-refractivity contribution in [3.8, 4) is 11.8 Å². The Labute approximate surface area is 115 Å². The molecule has 106 valence electrons. The topological polar surface area (TPSA) is 62.7 Å². The zero-order valence-corrected chi connectivity index (χ0v) is 12.1. The van der Waals surface area contributed by atoms with Gasteiger partial charge in [0.15, 0.2) is 0 Å². The van der Waals surface area contributed by atoms with Gasteiger partial charge in [-0.1, -0.05) is 24.9 Å². The summed E-state index contributed by atoms with van der Waals surface area (Å²) in [4.78, 5) is 16.3. The van der Waals surface area contributed by atoms with Gasteiger partial charge in [-0.3, -0.25) is 4.79 Å². The van der Waals surface area contributed by atoms with Gasteiger partial charge in [-0.25, -0.2) is 0 Å². The third kappa shape index (κ3) is 5.75. The molecule has 1 saturated heterocycles. The van der Waals surface area contributed by atoms with Crippen LogP contribution in [-0.4, -0.2) is 36.9 Å². The lowest BCUT2D eigenvalue weighted by atomic mass is 10.1. The van der Waals surface area contributed by atoms with Gasteiger partial charge in [-0.2, -0.15) is 0 Å². The zero-order chi connectivity index (χ0) is 14.3. The molecule has 1 aliphatic heterocycles. The highest BCUT2D eigenvalue weighted by Crippen LogP contribution is 2.07. The molecule has 1 rings (SSSR count). The smallest absolute Gasteiger partial charge is 0.217 e. The normalized spacial score (nSPS) is 22.9. The molecule has 1 fully saturated rings. The van der Waals surface area contributed by atoms with Crippen molar-refractivity contribution in [3.05, 3.63) is 0 Å². The molecule has 0 aromatic carbocycles. The van der Waals surface area contributed by atoms with E-state index in [1.54, 1.807) is 6.92 Å². The van der Waals surface area contributed by atoms with Crippen LogP contribution in [0.15, 0.2) is 5.16 Å². The van der Waals surface area contributed by atoms with E-state index in [1.807, 2.05) is 13.8 Å². The Hall–Kier alpha value is -1.54. The Bertz CT molecular complexity index is 393. The Morgan fingerprint density at radius 2 is 2.32 bits per heavy atom. The lowest BCUT2D eigenvalue weighted by molar-refractivity contribution is -0.119. The first-order chi connectivity index (χ1) is 9.02. The molecule has 19 heavy (non-hydrogen) atoms. The van der Waals surface area contributed by atoms with Crippen LogP contribution < -0.4 is 10.6 Å². The Balaban J connectivity index is 2.35. The number of amides is 1. The summed E-state index contributed by atoms with van der Waals surface area (Å²) in [7, 11) is 0. The summed E-state index contributed by atoms with van der Waals surface area (Å²) in [5.41, 5.74) is 0.763. The van der Waals surface area contributed by atoms with E-state index in [2.05, 4.69) is 27.6 Å². The van der Waals surface area contributed by atoms with Gasteiger partial charge in [0.05, 0.1) is 0 Å². The van der Waals surface area contributed by atoms with Crippen LogP contribution in [-0.2, 0) is 9.63 Å². The van der Waals surface area contributed by atoms with Gasteiger partial charge < -0.3 is 15.5 Å². The SMILES string of the molecule is CC#C/C(=N\OC[C@@H]1C[C@H](NC(C)=O)CN1)C(C)C. The average Bonchev–Trinajstić information content (AvgIpc) is 2.74. The number of nitrogens with one attached hydrogen (secondary N) is 2. The van der Waals surface area contributed by atoms with Crippen LogP contribution in [0.3, 0.4) is 0 Å². The van der Waals surface area contributed by atoms with Crippen molar-refractivity contribution in [2.75, 3.05) is 13.2 Å². The molecule has 0 bridgehead atoms. The average molecular weight is 265 g/mol. The van der Waals surface area contributed by atoms with Gasteiger partial charge in [-0.05, 0) is 19.3 Å². The maximum Gasteiger partial charge on any atom is 0.217 e. The van der Waals surface area contributed by atoms with E-state index < -0.39 is 0 Å². The van der Waals surface area contributed by atoms with Crippen molar-refractivity contribution >= 4 is 11.6 Å². The molecule has 0 aromatic heterocycles. The number of rotatable bonds is 5. The van der Waals surface area contributed by atoms with Crippen LogP contribution in [0.25, 0.3) is 0 Å². The molecule has 0 aromatic rings. The van der Waals surface area contributed by atoms with Crippen LogP contribution in [0.4, 0.5) is 0 Å². The number of hydrogen-bond acceptors (Lipinski definition) is 4. The van der Waals surface area contributed by atoms with E-state index in [0.29, 0.717) is 6.61 Å². The van der Waals surface area contributed by atoms with Crippen molar-refractivity contribution in [2.24, 2.45) is 11.1 Å². The number of carbonyl (C=O) groups excluding carboxylic acids is 1. The standard InChI is InChI=1S/C14H23N3O2/c1-5-6-14(10(2)3)17-19-9-13-7-12(8-15-13)16-11(4)18/h10,12-13,15H,7-9H2,1-4H3,(H,16,18)/b17-14+/t12-,13-/m0/s1. The number of hydrogen-bond donors (Lipinski definition) is 2. The van der Waals surface area contributed by atoms with Crippen LogP contribution in [0.1, 0.15) is 34.1 Å². The third-order valence-corrected chi connectivity index (χ3v) is 2.87. The van der Waals surface area contributed by atoms with E-state index in [4.69, 9.17) is 4.84 Å². The van der Waals surface area contributed by atoms with Crippen molar-refractivity contribution < 1.29 is 9.63 Å². The molecule has 5 nitrogen and oxygen atoms in total. The molecule has 1 amide bonds. The minimum absolute atomic E-state index is 0.00621. The van der Waals surface area contributed by atoms with Gasteiger partial charge in [0, 0.05) is 31.5 Å². The fourth-order valence-corrected chi connectivity index (χ4v) is 1.94. The second-order valence-corrected chi connectivity index (χ2v) is 5.04. The predicted molar refractivity (Wildman–Crippen MR) is 75.7 cm³/mol. The van der Waals surface area contributed by atoms with Crippen LogP contribution in [0, 0.1) is 17.8 Å². The van der Waals surface area contributed by atoms with Gasteiger partial charge in [-0.15, -0.1) is 0 Å². The minimum atomic E-state index is 0.00621. The molecular weight excluding hydrogens is 242 g/mol. The first-order valence-electron chi connectivity index (χ1n) is 6.66. The summed E-state index contributed by atoms with van der Waals surface area (Å²) < 4.78 is 0. The lowest BCUT2D eigenvalue weighted by Gasteiger charge is -2.10. The maximum atomic E-state index is 10.9. The first-order valence-corrected chi connectivity index (χ1v) is 6.66. The zero-order valence-electron chi connectivity index (χ0n) is 12.1. The molecule has 0 unspecified atom stereocenters. The minimum Gasteiger partial charge on any atom is -0.393 e. The lowest BCUT2D eigenvalue weighted by Crippen LogP contribution is -2.34. The summed E-state index contributed by atoms with van der Waals surface area (Å²) in [5, 5.41) is 10.3. The largest absolute Gasteiger partial charge is 0.393 e. The van der Waals surface area contributed by atoms with E-state index in [1.165, 1.54) is 6.92 Å². The molecule has 1 aliphatic rings. The Kier molecular flexibility index (Phi) is 6.37. The molecule has 2 N–H and O–H groups in total. The highest BCUT2D eigenvalue weighted by atomic mass is 16.6. The number of nitrogens with zero attached hydrogens (tertiary/aromatic N) is 1. The molecule has 1 heterocycles. The van der Waals surface area contributed by atoms with Gasteiger partial charge >= 0.3 is 0 Å². The van der Waals surface area contributed by atoms with Gasteiger partial charge in [0.2, 0.25) is 5.91 Å². The molecule has 0 spiro atoms. The van der Waals surface area contributed by atoms with Gasteiger partial charge in [0.1, 0.15) is 12.3 Å². The van der Waals surface area contributed by atoms with E-state index >= 15 is 0 Å². The van der Waals surface area contributed by atoms with Crippen LogP contribution in [0.2, 0.25) is 0 Å². The monoisotopic (exact) mass is 265 g/mol. The van der Waals surface area contributed by atoms with Crippen LogP contribution >= 0.6 is 0 Å². The number of carbonyl (C=O) groups is 1. The molecule has 5 heteroatoms. The molecule has 0 saturated carbocycles. The third-order valence-electron chi connectivity index (χ3n) is 2.87. The summed E-state index contributed by atoms with van der Waals surface area (Å²) in [6.45, 7) is 8.67. The molecular formula is C14H23N3O2. The summed E-state index contributed by atoms with van der Waals surface area (Å²) in [6.07, 6.45) is 0.867. The Morgan fingerprint density at radius 1 is 1.58 bits per heavy atom. The Morgan fingerprint density at radius 3 is 2.89 bits per heavy atom. The molecule has 2 atom stereocenters. The summed E-state index contributed by atoms with van der Waals surface area (Å²) in [6, 6.07) is 0.415. The van der Waals surface area contributed by atoms with Crippen molar-refractivity contribution in [1.82, 2.24) is 10.6 Å². The van der Waals surface area contributed by atoms with E-state index in [9.17, 15) is 4.79 Å². The van der Waals surface area contributed by atoms with Crippen LogP contribution in [0.5, 0.6) is 0 Å². The first kappa shape index (κ1) is 15.5. The maximum absolute atomic E-state index is 10.9. The van der Waals surface area contributed by atoms with Crippen molar-refractivity contribution in [2.45, 2.75) is 46.2 Å². The molecule has 0 aliphatic carbocycles. The fraction of sp³-hybridized carbons (Fsp3) is 0.714. The predicted octanol–water partition coefficient (Wildman–Crippen LogP) is 0.905. The van der Waals surface area contributed by atoms with E-state index in [-0.39, 0.29) is 23.9 Å².